The number of nitrogens with one attached hydrogen (secondary N) is 1. The maximum absolute atomic E-state index is 11.4. The lowest BCUT2D eigenvalue weighted by Crippen LogP contribution is -2.41. The van der Waals surface area contributed by atoms with Crippen molar-refractivity contribution in [3.8, 4) is 5.69 Å². The van der Waals surface area contributed by atoms with Crippen LogP contribution in [-0.4, -0.2) is 20.4 Å². The van der Waals surface area contributed by atoms with Gasteiger partial charge < -0.3 is 0 Å². The topological polar surface area (TPSA) is 63.2 Å². The van der Waals surface area contributed by atoms with Crippen LogP contribution in [0.1, 0.15) is 18.3 Å². The van der Waals surface area contributed by atoms with Crippen LogP contribution in [0.15, 0.2) is 36.4 Å². The summed E-state index contributed by atoms with van der Waals surface area (Å²) in [6.45, 7) is 5.37. The molecule has 21 heavy (non-hydrogen) atoms. The Hall–Kier alpha value is -2.76. The van der Waals surface area contributed by atoms with E-state index in [0.29, 0.717) is 11.7 Å². The SMILES string of the molecule is CC(=O)Nc1nc2nc(C)cc(C)n2[n+]1-c1ccccc1. The van der Waals surface area contributed by atoms with Crippen molar-refractivity contribution in [2.45, 2.75) is 20.8 Å². The van der Waals surface area contributed by atoms with Gasteiger partial charge >= 0.3 is 11.7 Å². The number of nitrogens with zero attached hydrogens (tertiary/aromatic N) is 4. The van der Waals surface area contributed by atoms with E-state index in [1.807, 2.05) is 59.4 Å². The number of aryl methyl sites for hydroxylation is 2. The molecule has 0 radical (unpaired) electrons. The van der Waals surface area contributed by atoms with Crippen molar-refractivity contribution >= 4 is 17.6 Å². The zero-order chi connectivity index (χ0) is 15.0. The fraction of sp³-hybridized carbons (Fsp3) is 0.200. The first-order chi connectivity index (χ1) is 10.1. The second kappa shape index (κ2) is 4.97. The van der Waals surface area contributed by atoms with E-state index in [0.717, 1.165) is 17.1 Å². The molecule has 0 spiro atoms. The fourth-order valence-corrected chi connectivity index (χ4v) is 2.36. The Bertz CT molecular complexity index is 823. The number of para-hydroxylation sites is 1. The van der Waals surface area contributed by atoms with Crippen LogP contribution in [0.5, 0.6) is 0 Å². The van der Waals surface area contributed by atoms with E-state index in [1.54, 1.807) is 0 Å². The van der Waals surface area contributed by atoms with Crippen LogP contribution in [0.2, 0.25) is 0 Å². The molecule has 2 aromatic heterocycles. The van der Waals surface area contributed by atoms with Crippen molar-refractivity contribution in [1.82, 2.24) is 14.5 Å². The minimum atomic E-state index is -0.169. The Morgan fingerprint density at radius 2 is 1.90 bits per heavy atom. The number of carbonyl (C=O) groups is 1. The van der Waals surface area contributed by atoms with Gasteiger partial charge in [-0.1, -0.05) is 18.2 Å². The average molecular weight is 282 g/mol. The van der Waals surface area contributed by atoms with Gasteiger partial charge in [0.2, 0.25) is 0 Å². The summed E-state index contributed by atoms with van der Waals surface area (Å²) >= 11 is 0. The molecule has 0 bridgehead atoms. The van der Waals surface area contributed by atoms with Gasteiger partial charge in [0.25, 0.3) is 5.91 Å². The highest BCUT2D eigenvalue weighted by atomic mass is 16.1. The van der Waals surface area contributed by atoms with Gasteiger partial charge in [-0.2, -0.15) is 9.50 Å². The first-order valence-corrected chi connectivity index (χ1v) is 6.68. The zero-order valence-corrected chi connectivity index (χ0v) is 12.2. The Morgan fingerprint density at radius 1 is 1.19 bits per heavy atom. The molecule has 0 aliphatic carbocycles. The molecule has 2 heterocycles. The molecule has 1 aromatic carbocycles. The molecular weight excluding hydrogens is 266 g/mol. The molecule has 0 aliphatic rings. The molecule has 3 aromatic rings. The van der Waals surface area contributed by atoms with E-state index in [4.69, 9.17) is 0 Å². The number of aromatic nitrogens is 4. The van der Waals surface area contributed by atoms with E-state index in [-0.39, 0.29) is 5.91 Å². The van der Waals surface area contributed by atoms with Crippen LogP contribution in [-0.2, 0) is 4.79 Å². The van der Waals surface area contributed by atoms with E-state index in [9.17, 15) is 4.79 Å². The lowest BCUT2D eigenvalue weighted by atomic mass is 10.3. The first kappa shape index (κ1) is 13.2. The summed E-state index contributed by atoms with van der Waals surface area (Å²) in [6.07, 6.45) is 0. The van der Waals surface area contributed by atoms with Crippen LogP contribution in [0.25, 0.3) is 11.5 Å². The third-order valence-corrected chi connectivity index (χ3v) is 3.11. The minimum absolute atomic E-state index is 0.169. The summed E-state index contributed by atoms with van der Waals surface area (Å²) < 4.78 is 3.73. The lowest BCUT2D eigenvalue weighted by Gasteiger charge is -2.05. The second-order valence-corrected chi connectivity index (χ2v) is 4.91. The van der Waals surface area contributed by atoms with Crippen molar-refractivity contribution in [3.63, 3.8) is 0 Å². The van der Waals surface area contributed by atoms with Gasteiger partial charge in [0.15, 0.2) is 0 Å². The van der Waals surface area contributed by atoms with Gasteiger partial charge in [-0.05, 0) is 37.0 Å². The van der Waals surface area contributed by atoms with Gasteiger partial charge in [-0.15, -0.1) is 4.68 Å². The van der Waals surface area contributed by atoms with E-state index in [1.165, 1.54) is 6.92 Å². The number of hydrogen-bond acceptors (Lipinski definition) is 3. The number of anilines is 1. The Kier molecular flexibility index (Phi) is 3.13. The minimum Gasteiger partial charge on any atom is -0.257 e. The number of benzene rings is 1. The Labute approximate surface area is 122 Å². The molecule has 1 amide bonds. The van der Waals surface area contributed by atoms with E-state index >= 15 is 0 Å². The molecule has 0 aliphatic heterocycles. The maximum atomic E-state index is 11.4. The normalized spacial score (nSPS) is 10.8. The fourth-order valence-electron chi connectivity index (χ4n) is 2.36. The highest BCUT2D eigenvalue weighted by molar-refractivity contribution is 5.86. The maximum Gasteiger partial charge on any atom is 0.426 e. The standard InChI is InChI=1S/C15H15N5O/c1-10-9-11(2)19-14(16-10)18-15(17-12(3)21)20(19)13-7-5-4-6-8-13/h4-9H,1-3H3/p+1. The monoisotopic (exact) mass is 282 g/mol. The van der Waals surface area contributed by atoms with Gasteiger partial charge in [0, 0.05) is 12.6 Å². The quantitative estimate of drug-likeness (QED) is 0.726. The van der Waals surface area contributed by atoms with Crippen molar-refractivity contribution in [3.05, 3.63) is 47.8 Å². The van der Waals surface area contributed by atoms with Crippen LogP contribution >= 0.6 is 0 Å². The molecule has 106 valence electrons. The number of fused-ring (bicyclic) bond motifs is 1. The molecule has 1 N–H and O–H groups in total. The molecule has 0 saturated carbocycles. The predicted molar refractivity (Wildman–Crippen MR) is 78.3 cm³/mol. The van der Waals surface area contributed by atoms with E-state index < -0.39 is 0 Å². The highest BCUT2D eigenvalue weighted by Crippen LogP contribution is 2.10. The molecule has 0 saturated heterocycles. The number of amides is 1. The van der Waals surface area contributed by atoms with Gasteiger partial charge in [0.05, 0.1) is 5.69 Å². The van der Waals surface area contributed by atoms with Crippen molar-refractivity contribution in [2.24, 2.45) is 0 Å². The Morgan fingerprint density at radius 3 is 2.57 bits per heavy atom. The smallest absolute Gasteiger partial charge is 0.257 e. The molecule has 6 heteroatoms. The molecule has 0 fully saturated rings. The number of hydrogen-bond donors (Lipinski definition) is 1. The van der Waals surface area contributed by atoms with Crippen molar-refractivity contribution in [2.75, 3.05) is 5.32 Å². The molecule has 0 atom stereocenters. The lowest BCUT2D eigenvalue weighted by molar-refractivity contribution is -0.655. The highest BCUT2D eigenvalue weighted by Gasteiger charge is 2.24. The van der Waals surface area contributed by atoms with Crippen molar-refractivity contribution < 1.29 is 9.48 Å². The summed E-state index contributed by atoms with van der Waals surface area (Å²) in [4.78, 5) is 20.3. The van der Waals surface area contributed by atoms with Gasteiger partial charge in [-0.3, -0.25) is 4.79 Å². The number of rotatable bonds is 2. The summed E-state index contributed by atoms with van der Waals surface area (Å²) in [5, 5.41) is 2.76. The summed E-state index contributed by atoms with van der Waals surface area (Å²) in [5.41, 5.74) is 2.78. The summed E-state index contributed by atoms with van der Waals surface area (Å²) in [5.74, 6) is 0.840. The molecule has 3 rings (SSSR count). The molecule has 6 nitrogen and oxygen atoms in total. The van der Waals surface area contributed by atoms with E-state index in [2.05, 4.69) is 15.3 Å². The van der Waals surface area contributed by atoms with Crippen LogP contribution in [0.4, 0.5) is 5.95 Å². The van der Waals surface area contributed by atoms with Crippen LogP contribution in [0.3, 0.4) is 0 Å². The molecular formula is C15H16N5O+. The van der Waals surface area contributed by atoms with Crippen LogP contribution < -0.4 is 10.00 Å². The zero-order valence-electron chi connectivity index (χ0n) is 12.2. The predicted octanol–water partition coefficient (Wildman–Crippen LogP) is 1.58. The summed E-state index contributed by atoms with van der Waals surface area (Å²) in [6, 6.07) is 11.7. The average Bonchev–Trinajstić information content (AvgIpc) is 2.77. The van der Waals surface area contributed by atoms with Gasteiger partial charge in [0.1, 0.15) is 5.69 Å². The largest absolute Gasteiger partial charge is 0.426 e. The second-order valence-electron chi connectivity index (χ2n) is 4.91. The third kappa shape index (κ3) is 2.35. The number of carbonyl (C=O) groups excluding carboxylic acids is 1. The first-order valence-electron chi connectivity index (χ1n) is 6.68. The molecule has 0 unspecified atom stereocenters. The van der Waals surface area contributed by atoms with Gasteiger partial charge in [-0.25, -0.2) is 5.32 Å². The van der Waals surface area contributed by atoms with Crippen LogP contribution in [0, 0.1) is 13.8 Å². The third-order valence-electron chi connectivity index (χ3n) is 3.11. The van der Waals surface area contributed by atoms with Crippen molar-refractivity contribution in [1.29, 1.82) is 0 Å². The Balaban J connectivity index is 2.35. The summed E-state index contributed by atoms with van der Waals surface area (Å²) in [7, 11) is 0.